The van der Waals surface area contributed by atoms with Crippen LogP contribution in [0.2, 0.25) is 0 Å². The number of hydrogen-bond donors (Lipinski definition) is 2. The van der Waals surface area contributed by atoms with Crippen molar-refractivity contribution in [2.75, 3.05) is 54.1 Å². The molecule has 2 aromatic carbocycles. The maximum absolute atomic E-state index is 13.5. The molecule has 1 aliphatic rings. The van der Waals surface area contributed by atoms with E-state index >= 15 is 0 Å². The van der Waals surface area contributed by atoms with Gasteiger partial charge in [0.15, 0.2) is 0 Å². The smallest absolute Gasteiger partial charge is 0.490 e. The summed E-state index contributed by atoms with van der Waals surface area (Å²) in [6.07, 6.45) is -4.82. The van der Waals surface area contributed by atoms with Crippen LogP contribution in [0.25, 0.3) is 0 Å². The lowest BCUT2D eigenvalue weighted by atomic mass is 10.1. The van der Waals surface area contributed by atoms with Crippen LogP contribution < -0.4 is 19.5 Å². The van der Waals surface area contributed by atoms with Gasteiger partial charge in [0.1, 0.15) is 17.2 Å². The topological polar surface area (TPSA) is 118 Å². The quantitative estimate of drug-likeness (QED) is 0.485. The standard InChI is InChI=1S/C24H31N3O5.C2HF3O2/c1-30-20-6-4-5-18(13-20)17-27(10-7-23(28)26-11-8-25-9-12-26)24(29)19-14-21(31-2)16-22(15-19)32-3;3-2(4,5)1(6)7/h4-6,13-16,25H,7-12,17H2,1-3H3;(H,6,7). The summed E-state index contributed by atoms with van der Waals surface area (Å²) in [5, 5.41) is 10.4. The molecule has 0 spiro atoms. The normalized spacial score (nSPS) is 13.0. The summed E-state index contributed by atoms with van der Waals surface area (Å²) >= 11 is 0. The number of ether oxygens (including phenoxy) is 3. The summed E-state index contributed by atoms with van der Waals surface area (Å²) in [5.74, 6) is -1.12. The van der Waals surface area contributed by atoms with Crippen LogP contribution in [0.3, 0.4) is 0 Å². The minimum Gasteiger partial charge on any atom is -0.497 e. The first-order valence-corrected chi connectivity index (χ1v) is 11.9. The van der Waals surface area contributed by atoms with Crippen molar-refractivity contribution in [3.63, 3.8) is 0 Å². The van der Waals surface area contributed by atoms with Gasteiger partial charge in [-0.3, -0.25) is 9.59 Å². The molecule has 0 unspecified atom stereocenters. The molecule has 2 amide bonds. The second-order valence-electron chi connectivity index (χ2n) is 8.36. The van der Waals surface area contributed by atoms with Crippen molar-refractivity contribution >= 4 is 17.8 Å². The van der Waals surface area contributed by atoms with Crippen LogP contribution in [-0.2, 0) is 16.1 Å². The molecule has 10 nitrogen and oxygen atoms in total. The van der Waals surface area contributed by atoms with Gasteiger partial charge in [-0.1, -0.05) is 12.1 Å². The number of hydrogen-bond acceptors (Lipinski definition) is 7. The van der Waals surface area contributed by atoms with Crippen molar-refractivity contribution < 1.29 is 46.9 Å². The Morgan fingerprint density at radius 1 is 0.949 bits per heavy atom. The van der Waals surface area contributed by atoms with Gasteiger partial charge in [0.2, 0.25) is 5.91 Å². The van der Waals surface area contributed by atoms with E-state index in [0.717, 1.165) is 24.4 Å². The fraction of sp³-hybridized carbons (Fsp3) is 0.423. The molecule has 214 valence electrons. The molecular formula is C26H32F3N3O7. The molecule has 0 aliphatic carbocycles. The van der Waals surface area contributed by atoms with Crippen LogP contribution in [0.15, 0.2) is 42.5 Å². The third-order valence-electron chi connectivity index (χ3n) is 5.70. The van der Waals surface area contributed by atoms with Gasteiger partial charge in [-0.25, -0.2) is 4.79 Å². The number of carboxylic acid groups (broad SMARTS) is 1. The first-order chi connectivity index (χ1) is 18.5. The number of carbonyl (C=O) groups is 3. The van der Waals surface area contributed by atoms with E-state index in [2.05, 4.69) is 5.32 Å². The Bertz CT molecular complexity index is 1100. The van der Waals surface area contributed by atoms with E-state index < -0.39 is 12.1 Å². The minimum absolute atomic E-state index is 0.0539. The number of amides is 2. The molecule has 39 heavy (non-hydrogen) atoms. The number of carbonyl (C=O) groups excluding carboxylic acids is 2. The molecule has 0 atom stereocenters. The van der Waals surface area contributed by atoms with Gasteiger partial charge in [0, 0.05) is 57.3 Å². The Morgan fingerprint density at radius 2 is 1.51 bits per heavy atom. The lowest BCUT2D eigenvalue weighted by molar-refractivity contribution is -0.192. The van der Waals surface area contributed by atoms with Gasteiger partial charge < -0.3 is 34.4 Å². The van der Waals surface area contributed by atoms with Gasteiger partial charge in [0.05, 0.1) is 21.3 Å². The fourth-order valence-electron chi connectivity index (χ4n) is 3.66. The Morgan fingerprint density at radius 3 is 2.03 bits per heavy atom. The molecule has 0 aromatic heterocycles. The van der Waals surface area contributed by atoms with E-state index in [1.165, 1.54) is 0 Å². The third-order valence-corrected chi connectivity index (χ3v) is 5.70. The zero-order valence-corrected chi connectivity index (χ0v) is 21.9. The van der Waals surface area contributed by atoms with Crippen molar-refractivity contribution in [2.24, 2.45) is 0 Å². The Kier molecular flexibility index (Phi) is 11.9. The predicted molar refractivity (Wildman–Crippen MR) is 135 cm³/mol. The number of methoxy groups -OCH3 is 3. The Labute approximate surface area is 224 Å². The van der Waals surface area contributed by atoms with Crippen LogP contribution >= 0.6 is 0 Å². The Balaban J connectivity index is 0.000000673. The summed E-state index contributed by atoms with van der Waals surface area (Å²) in [4.78, 5) is 38.6. The minimum atomic E-state index is -5.08. The van der Waals surface area contributed by atoms with E-state index in [9.17, 15) is 22.8 Å². The van der Waals surface area contributed by atoms with Gasteiger partial charge in [-0.05, 0) is 29.8 Å². The number of aliphatic carboxylic acids is 1. The molecule has 1 aliphatic heterocycles. The largest absolute Gasteiger partial charge is 0.497 e. The van der Waals surface area contributed by atoms with Gasteiger partial charge in [0.25, 0.3) is 5.91 Å². The summed E-state index contributed by atoms with van der Waals surface area (Å²) in [7, 11) is 4.70. The highest BCUT2D eigenvalue weighted by Crippen LogP contribution is 2.24. The molecule has 0 bridgehead atoms. The first-order valence-electron chi connectivity index (χ1n) is 11.9. The van der Waals surface area contributed by atoms with Crippen LogP contribution in [-0.4, -0.2) is 92.9 Å². The molecule has 13 heteroatoms. The van der Waals surface area contributed by atoms with Crippen molar-refractivity contribution in [1.29, 1.82) is 0 Å². The average molecular weight is 556 g/mol. The van der Waals surface area contributed by atoms with Crippen molar-refractivity contribution in [2.45, 2.75) is 19.1 Å². The highest BCUT2D eigenvalue weighted by Gasteiger charge is 2.38. The molecule has 2 N–H and O–H groups in total. The second-order valence-corrected chi connectivity index (χ2v) is 8.36. The molecule has 1 fully saturated rings. The predicted octanol–water partition coefficient (Wildman–Crippen LogP) is 2.81. The molecule has 0 radical (unpaired) electrons. The number of piperazine rings is 1. The molecular weight excluding hydrogens is 523 g/mol. The lowest BCUT2D eigenvalue weighted by Crippen LogP contribution is -2.47. The molecule has 3 rings (SSSR count). The number of halogens is 3. The van der Waals surface area contributed by atoms with Crippen molar-refractivity contribution in [1.82, 2.24) is 15.1 Å². The van der Waals surface area contributed by atoms with Gasteiger partial charge in [-0.15, -0.1) is 0 Å². The van der Waals surface area contributed by atoms with Crippen LogP contribution in [0, 0.1) is 0 Å². The molecule has 1 saturated heterocycles. The van der Waals surface area contributed by atoms with Gasteiger partial charge >= 0.3 is 12.1 Å². The van der Waals surface area contributed by atoms with E-state index in [4.69, 9.17) is 24.1 Å². The van der Waals surface area contributed by atoms with Crippen LogP contribution in [0.1, 0.15) is 22.3 Å². The van der Waals surface area contributed by atoms with E-state index in [1.807, 2.05) is 29.2 Å². The zero-order chi connectivity index (χ0) is 29.0. The number of alkyl halides is 3. The number of nitrogens with zero attached hydrogens (tertiary/aromatic N) is 2. The fourth-order valence-corrected chi connectivity index (χ4v) is 3.66. The molecule has 2 aromatic rings. The third kappa shape index (κ3) is 10.0. The number of carboxylic acids is 1. The summed E-state index contributed by atoms with van der Waals surface area (Å²) in [6.45, 7) is 3.62. The average Bonchev–Trinajstić information content (AvgIpc) is 2.94. The maximum Gasteiger partial charge on any atom is 0.490 e. The lowest BCUT2D eigenvalue weighted by Gasteiger charge is -2.29. The Hall–Kier alpha value is -4.00. The maximum atomic E-state index is 13.5. The zero-order valence-electron chi connectivity index (χ0n) is 21.9. The second kappa shape index (κ2) is 14.8. The molecule has 1 heterocycles. The summed E-state index contributed by atoms with van der Waals surface area (Å²) < 4.78 is 47.7. The monoisotopic (exact) mass is 555 g/mol. The van der Waals surface area contributed by atoms with E-state index in [-0.39, 0.29) is 18.2 Å². The van der Waals surface area contributed by atoms with Crippen molar-refractivity contribution in [3.05, 3.63) is 53.6 Å². The number of nitrogens with one attached hydrogen (secondary N) is 1. The highest BCUT2D eigenvalue weighted by atomic mass is 19.4. The summed E-state index contributed by atoms with van der Waals surface area (Å²) in [5.41, 5.74) is 1.36. The highest BCUT2D eigenvalue weighted by molar-refractivity contribution is 5.95. The van der Waals surface area contributed by atoms with Crippen LogP contribution in [0.5, 0.6) is 17.2 Å². The summed E-state index contributed by atoms with van der Waals surface area (Å²) in [6, 6.07) is 12.7. The SMILES string of the molecule is COc1cccc(CN(CCC(=O)N2CCNCC2)C(=O)c2cc(OC)cc(OC)c2)c1.O=C(O)C(F)(F)F. The van der Waals surface area contributed by atoms with Crippen molar-refractivity contribution in [3.8, 4) is 17.2 Å². The number of benzene rings is 2. The van der Waals surface area contributed by atoms with Crippen LogP contribution in [0.4, 0.5) is 13.2 Å². The van der Waals surface area contributed by atoms with E-state index in [0.29, 0.717) is 43.2 Å². The van der Waals surface area contributed by atoms with E-state index in [1.54, 1.807) is 44.4 Å². The molecule has 0 saturated carbocycles. The number of rotatable bonds is 9. The van der Waals surface area contributed by atoms with Gasteiger partial charge in [-0.2, -0.15) is 13.2 Å². The first kappa shape index (κ1) is 31.2.